The van der Waals surface area contributed by atoms with E-state index in [2.05, 4.69) is 46.7 Å². The Morgan fingerprint density at radius 2 is 1.96 bits per heavy atom. The molecular weight excluding hydrogens is 290 g/mol. The van der Waals surface area contributed by atoms with Gasteiger partial charge in [0, 0.05) is 25.0 Å². The van der Waals surface area contributed by atoms with Crippen LogP contribution in [0.4, 0.5) is 5.82 Å². The lowest BCUT2D eigenvalue weighted by Gasteiger charge is -2.05. The van der Waals surface area contributed by atoms with E-state index >= 15 is 0 Å². The molecule has 6 heteroatoms. The average molecular weight is 309 g/mol. The van der Waals surface area contributed by atoms with E-state index in [1.54, 1.807) is 27.7 Å². The Bertz CT molecular complexity index is 801. The first kappa shape index (κ1) is 15.0. The van der Waals surface area contributed by atoms with Crippen molar-refractivity contribution in [3.63, 3.8) is 0 Å². The summed E-state index contributed by atoms with van der Waals surface area (Å²) in [4.78, 5) is 12.2. The van der Waals surface area contributed by atoms with Crippen molar-refractivity contribution in [2.75, 3.05) is 5.32 Å². The Kier molecular flexibility index (Phi) is 4.23. The summed E-state index contributed by atoms with van der Waals surface area (Å²) in [6, 6.07) is 11.8. The molecule has 0 unspecified atom stereocenters. The van der Waals surface area contributed by atoms with E-state index in [1.807, 2.05) is 13.1 Å². The quantitative estimate of drug-likeness (QED) is 0.788. The molecule has 0 fully saturated rings. The lowest BCUT2D eigenvalue weighted by molar-refractivity contribution is 0.101. The van der Waals surface area contributed by atoms with Crippen LogP contribution in [-0.4, -0.2) is 25.5 Å². The van der Waals surface area contributed by atoms with Crippen molar-refractivity contribution in [3.8, 4) is 0 Å². The van der Waals surface area contributed by atoms with Gasteiger partial charge >= 0.3 is 0 Å². The minimum atomic E-state index is -0.204. The highest BCUT2D eigenvalue weighted by Crippen LogP contribution is 2.09. The first-order valence-corrected chi connectivity index (χ1v) is 7.58. The summed E-state index contributed by atoms with van der Waals surface area (Å²) in [5, 5.41) is 11.3. The van der Waals surface area contributed by atoms with Gasteiger partial charge in [0.15, 0.2) is 5.82 Å². The fourth-order valence-corrected chi connectivity index (χ4v) is 2.35. The second-order valence-electron chi connectivity index (χ2n) is 5.37. The molecule has 1 aromatic carbocycles. The molecule has 0 aliphatic heterocycles. The van der Waals surface area contributed by atoms with E-state index < -0.39 is 0 Å². The van der Waals surface area contributed by atoms with Crippen LogP contribution in [0.25, 0.3) is 0 Å². The maximum atomic E-state index is 12.2. The maximum absolute atomic E-state index is 12.2. The number of carbonyl (C=O) groups excluding carboxylic acids is 1. The zero-order valence-electron chi connectivity index (χ0n) is 13.2. The van der Waals surface area contributed by atoms with Crippen molar-refractivity contribution < 1.29 is 4.79 Å². The number of nitrogens with one attached hydrogen (secondary N) is 1. The number of carbonyl (C=O) groups is 1. The van der Waals surface area contributed by atoms with Gasteiger partial charge in [0.2, 0.25) is 0 Å². The van der Waals surface area contributed by atoms with Gasteiger partial charge in [0.05, 0.1) is 6.54 Å². The number of amides is 1. The molecule has 23 heavy (non-hydrogen) atoms. The van der Waals surface area contributed by atoms with Crippen LogP contribution in [0.2, 0.25) is 0 Å². The van der Waals surface area contributed by atoms with Crippen molar-refractivity contribution in [1.29, 1.82) is 0 Å². The lowest BCUT2D eigenvalue weighted by atomic mass is 10.1. The van der Waals surface area contributed by atoms with Gasteiger partial charge in [-0.2, -0.15) is 10.2 Å². The normalized spacial score (nSPS) is 10.7. The first-order valence-electron chi connectivity index (χ1n) is 7.58. The molecule has 2 heterocycles. The highest BCUT2D eigenvalue weighted by Gasteiger charge is 2.12. The molecule has 118 valence electrons. The third-order valence-corrected chi connectivity index (χ3v) is 3.60. The molecule has 3 aromatic rings. The zero-order chi connectivity index (χ0) is 16.2. The lowest BCUT2D eigenvalue weighted by Crippen LogP contribution is -2.17. The number of aryl methyl sites for hydroxylation is 2. The molecule has 0 aliphatic carbocycles. The Balaban J connectivity index is 1.67. The SMILES string of the molecule is CCn1nccc1C(=O)Nc1ccn(Cc2ccc(C)cc2)n1. The molecule has 0 saturated carbocycles. The smallest absolute Gasteiger partial charge is 0.275 e. The van der Waals surface area contributed by atoms with E-state index in [0.29, 0.717) is 24.6 Å². The molecule has 0 aliphatic rings. The van der Waals surface area contributed by atoms with E-state index in [0.717, 1.165) is 0 Å². The molecule has 6 nitrogen and oxygen atoms in total. The maximum Gasteiger partial charge on any atom is 0.275 e. The van der Waals surface area contributed by atoms with Crippen molar-refractivity contribution in [2.45, 2.75) is 26.9 Å². The largest absolute Gasteiger partial charge is 0.304 e. The predicted octanol–water partition coefficient (Wildman–Crippen LogP) is 2.71. The van der Waals surface area contributed by atoms with Gasteiger partial charge in [-0.1, -0.05) is 29.8 Å². The molecule has 0 bridgehead atoms. The summed E-state index contributed by atoms with van der Waals surface area (Å²) >= 11 is 0. The molecule has 0 radical (unpaired) electrons. The molecule has 0 saturated heterocycles. The fourth-order valence-electron chi connectivity index (χ4n) is 2.35. The molecule has 3 rings (SSSR count). The van der Waals surface area contributed by atoms with Crippen LogP contribution in [-0.2, 0) is 13.1 Å². The summed E-state index contributed by atoms with van der Waals surface area (Å²) in [6.45, 7) is 5.33. The number of benzene rings is 1. The minimum absolute atomic E-state index is 0.204. The number of rotatable bonds is 5. The highest BCUT2D eigenvalue weighted by atomic mass is 16.2. The van der Waals surface area contributed by atoms with Gasteiger partial charge in [0.25, 0.3) is 5.91 Å². The number of hydrogen-bond acceptors (Lipinski definition) is 3. The second-order valence-corrected chi connectivity index (χ2v) is 5.37. The monoisotopic (exact) mass is 309 g/mol. The van der Waals surface area contributed by atoms with Crippen molar-refractivity contribution in [1.82, 2.24) is 19.6 Å². The predicted molar refractivity (Wildman–Crippen MR) is 88.4 cm³/mol. The van der Waals surface area contributed by atoms with Crippen LogP contribution in [0.15, 0.2) is 48.8 Å². The standard InChI is InChI=1S/C17H19N5O/c1-3-22-15(8-10-18-22)17(23)19-16-9-11-21(20-16)12-14-6-4-13(2)5-7-14/h4-11H,3,12H2,1-2H3,(H,19,20,23). The Morgan fingerprint density at radius 1 is 1.17 bits per heavy atom. The summed E-state index contributed by atoms with van der Waals surface area (Å²) in [5.41, 5.74) is 2.93. The van der Waals surface area contributed by atoms with Crippen LogP contribution in [0.1, 0.15) is 28.5 Å². The van der Waals surface area contributed by atoms with Gasteiger partial charge in [-0.15, -0.1) is 0 Å². The molecule has 0 spiro atoms. The molecule has 1 amide bonds. The van der Waals surface area contributed by atoms with Crippen LogP contribution >= 0.6 is 0 Å². The summed E-state index contributed by atoms with van der Waals surface area (Å²) in [5.74, 6) is 0.330. The third kappa shape index (κ3) is 3.48. The van der Waals surface area contributed by atoms with Crippen LogP contribution < -0.4 is 5.32 Å². The van der Waals surface area contributed by atoms with Gasteiger partial charge in [-0.05, 0) is 25.5 Å². The van der Waals surface area contributed by atoms with E-state index in [-0.39, 0.29) is 5.91 Å². The molecule has 1 N–H and O–H groups in total. The number of anilines is 1. The first-order chi connectivity index (χ1) is 11.2. The summed E-state index contributed by atoms with van der Waals surface area (Å²) in [6.07, 6.45) is 3.47. The van der Waals surface area contributed by atoms with Gasteiger partial charge in [-0.25, -0.2) is 0 Å². The number of hydrogen-bond donors (Lipinski definition) is 1. The number of nitrogens with zero attached hydrogens (tertiary/aromatic N) is 4. The van der Waals surface area contributed by atoms with Crippen LogP contribution in [0.5, 0.6) is 0 Å². The average Bonchev–Trinajstić information content (AvgIpc) is 3.18. The fraction of sp³-hybridized carbons (Fsp3) is 0.235. The van der Waals surface area contributed by atoms with E-state index in [1.165, 1.54) is 11.1 Å². The van der Waals surface area contributed by atoms with E-state index in [4.69, 9.17) is 0 Å². The van der Waals surface area contributed by atoms with Gasteiger partial charge in [0.1, 0.15) is 5.69 Å². The van der Waals surface area contributed by atoms with Gasteiger partial charge in [-0.3, -0.25) is 14.2 Å². The molecular formula is C17H19N5O. The third-order valence-electron chi connectivity index (χ3n) is 3.60. The van der Waals surface area contributed by atoms with E-state index in [9.17, 15) is 4.79 Å². The summed E-state index contributed by atoms with van der Waals surface area (Å²) < 4.78 is 3.45. The zero-order valence-corrected chi connectivity index (χ0v) is 13.2. The number of aromatic nitrogens is 4. The Hall–Kier alpha value is -2.89. The highest BCUT2D eigenvalue weighted by molar-refractivity contribution is 6.02. The van der Waals surface area contributed by atoms with Crippen molar-refractivity contribution in [2.24, 2.45) is 0 Å². The summed E-state index contributed by atoms with van der Waals surface area (Å²) in [7, 11) is 0. The second kappa shape index (κ2) is 6.48. The Morgan fingerprint density at radius 3 is 2.70 bits per heavy atom. The van der Waals surface area contributed by atoms with Crippen LogP contribution in [0.3, 0.4) is 0 Å². The molecule has 0 atom stereocenters. The van der Waals surface area contributed by atoms with Crippen molar-refractivity contribution >= 4 is 11.7 Å². The topological polar surface area (TPSA) is 64.7 Å². The van der Waals surface area contributed by atoms with Gasteiger partial charge < -0.3 is 5.32 Å². The van der Waals surface area contributed by atoms with Crippen LogP contribution in [0, 0.1) is 6.92 Å². The minimum Gasteiger partial charge on any atom is -0.304 e. The van der Waals surface area contributed by atoms with Crippen molar-refractivity contribution in [3.05, 3.63) is 65.6 Å². The molecule has 2 aromatic heterocycles. The Labute approximate surface area is 134 Å².